The Hall–Kier alpha value is -2.10. The lowest BCUT2D eigenvalue weighted by Crippen LogP contribution is -2.16. The molecule has 0 aliphatic carbocycles. The highest BCUT2D eigenvalue weighted by Crippen LogP contribution is 2.19. The standard InChI is InChI=1S/C16H20N2O2/c1-3-4-10-20-16(19)15-11-17-12-18(15)13(2)14-8-6-5-7-9-14/h5-9,11-13H,3-4,10H2,1-2H3/t13-/m1/s1/i10-1. The van der Waals surface area contributed by atoms with Crippen molar-refractivity contribution in [2.75, 3.05) is 6.61 Å². The minimum absolute atomic E-state index is 0.0485. The Morgan fingerprint density at radius 3 is 2.80 bits per heavy atom. The van der Waals surface area contributed by atoms with Crippen LogP contribution in [0, 0.1) is 0 Å². The summed E-state index contributed by atoms with van der Waals surface area (Å²) in [6, 6.07) is 10.1. The summed E-state index contributed by atoms with van der Waals surface area (Å²) in [4.78, 5) is 16.1. The van der Waals surface area contributed by atoms with Crippen molar-refractivity contribution in [1.29, 1.82) is 0 Å². The number of rotatable bonds is 6. The lowest BCUT2D eigenvalue weighted by Gasteiger charge is -2.16. The van der Waals surface area contributed by atoms with Gasteiger partial charge in [-0.25, -0.2) is 9.78 Å². The highest BCUT2D eigenvalue weighted by molar-refractivity contribution is 5.87. The van der Waals surface area contributed by atoms with Gasteiger partial charge in [-0.1, -0.05) is 43.7 Å². The molecule has 4 heteroatoms. The van der Waals surface area contributed by atoms with Crippen LogP contribution in [0.4, 0.5) is 0 Å². The zero-order chi connectivity index (χ0) is 14.4. The minimum atomic E-state index is -0.307. The summed E-state index contributed by atoms with van der Waals surface area (Å²) in [5.74, 6) is -0.307. The summed E-state index contributed by atoms with van der Waals surface area (Å²) in [6.45, 7) is 4.57. The molecule has 0 amide bonds. The molecule has 106 valence electrons. The molecule has 0 bridgehead atoms. The normalized spacial score (nSPS) is 12.1. The molecule has 0 fully saturated rings. The average Bonchev–Trinajstić information content (AvgIpc) is 2.97. The Balaban J connectivity index is 2.14. The third-order valence-corrected chi connectivity index (χ3v) is 3.31. The van der Waals surface area contributed by atoms with Gasteiger partial charge in [-0.05, 0) is 18.9 Å². The fourth-order valence-corrected chi connectivity index (χ4v) is 2.05. The second-order valence-electron chi connectivity index (χ2n) is 4.76. The number of hydrogen-bond donors (Lipinski definition) is 0. The fraction of sp³-hybridized carbons (Fsp3) is 0.375. The molecule has 1 aromatic carbocycles. The average molecular weight is 271 g/mol. The van der Waals surface area contributed by atoms with E-state index < -0.39 is 0 Å². The van der Waals surface area contributed by atoms with Crippen molar-refractivity contribution in [3.8, 4) is 0 Å². The van der Waals surface area contributed by atoms with Crippen molar-refractivity contribution in [3.05, 3.63) is 54.1 Å². The van der Waals surface area contributed by atoms with Gasteiger partial charge in [0.05, 0.1) is 25.2 Å². The van der Waals surface area contributed by atoms with Crippen molar-refractivity contribution in [1.82, 2.24) is 9.55 Å². The predicted molar refractivity (Wildman–Crippen MR) is 77.7 cm³/mol. The second-order valence-corrected chi connectivity index (χ2v) is 4.76. The van der Waals surface area contributed by atoms with Crippen molar-refractivity contribution in [2.24, 2.45) is 0 Å². The van der Waals surface area contributed by atoms with Crippen LogP contribution in [0.25, 0.3) is 0 Å². The molecular weight excluding hydrogens is 251 g/mol. The molecule has 4 nitrogen and oxygen atoms in total. The molecule has 20 heavy (non-hydrogen) atoms. The van der Waals surface area contributed by atoms with Gasteiger partial charge in [0.15, 0.2) is 0 Å². The monoisotopic (exact) mass is 271 g/mol. The van der Waals surface area contributed by atoms with E-state index in [1.807, 2.05) is 41.8 Å². The number of nitrogens with zero attached hydrogens (tertiary/aromatic N) is 2. The summed E-state index contributed by atoms with van der Waals surface area (Å²) < 4.78 is 7.10. The summed E-state index contributed by atoms with van der Waals surface area (Å²) >= 11 is 0. The first-order valence-electron chi connectivity index (χ1n) is 6.98. The Morgan fingerprint density at radius 2 is 2.10 bits per heavy atom. The van der Waals surface area contributed by atoms with Crippen LogP contribution in [0.1, 0.15) is 48.8 Å². The molecule has 1 aromatic heterocycles. The zero-order valence-electron chi connectivity index (χ0n) is 12.0. The van der Waals surface area contributed by atoms with Crippen LogP contribution in [0.15, 0.2) is 42.9 Å². The van der Waals surface area contributed by atoms with E-state index in [-0.39, 0.29) is 12.0 Å². The molecule has 0 aliphatic rings. The van der Waals surface area contributed by atoms with E-state index in [4.69, 9.17) is 4.74 Å². The molecule has 0 radical (unpaired) electrons. The van der Waals surface area contributed by atoms with Crippen molar-refractivity contribution < 1.29 is 9.53 Å². The summed E-state index contributed by atoms with van der Waals surface area (Å²) in [6.07, 6.45) is 5.13. The van der Waals surface area contributed by atoms with Crippen LogP contribution in [0.3, 0.4) is 0 Å². The molecule has 0 saturated heterocycles. The highest BCUT2D eigenvalue weighted by atomic mass is 16.5. The van der Waals surface area contributed by atoms with Gasteiger partial charge in [-0.2, -0.15) is 0 Å². The first-order valence-corrected chi connectivity index (χ1v) is 6.98. The Kier molecular flexibility index (Phi) is 4.93. The number of carbonyl (C=O) groups excluding carboxylic acids is 1. The number of aromatic nitrogens is 2. The molecule has 2 aromatic rings. The van der Waals surface area contributed by atoms with E-state index in [0.29, 0.717) is 12.3 Å². The molecular formula is C16H20N2O2. The maximum Gasteiger partial charge on any atom is 0.356 e. The topological polar surface area (TPSA) is 44.1 Å². The van der Waals surface area contributed by atoms with Gasteiger partial charge < -0.3 is 9.30 Å². The van der Waals surface area contributed by atoms with Gasteiger partial charge in [0.25, 0.3) is 0 Å². The summed E-state index contributed by atoms with van der Waals surface area (Å²) in [5.41, 5.74) is 1.63. The third-order valence-electron chi connectivity index (χ3n) is 3.31. The first kappa shape index (κ1) is 14.3. The molecule has 1 atom stereocenters. The number of esters is 1. The van der Waals surface area contributed by atoms with Crippen LogP contribution in [-0.4, -0.2) is 22.1 Å². The van der Waals surface area contributed by atoms with E-state index in [1.165, 1.54) is 0 Å². The largest absolute Gasteiger partial charge is 0.461 e. The van der Waals surface area contributed by atoms with Gasteiger partial charge >= 0.3 is 5.97 Å². The lowest BCUT2D eigenvalue weighted by molar-refractivity contribution is 0.0486. The Labute approximate surface area is 119 Å². The van der Waals surface area contributed by atoms with E-state index in [9.17, 15) is 4.79 Å². The molecule has 0 N–H and O–H groups in total. The highest BCUT2D eigenvalue weighted by Gasteiger charge is 2.17. The van der Waals surface area contributed by atoms with Crippen LogP contribution in [0.2, 0.25) is 0 Å². The molecule has 1 heterocycles. The molecule has 0 spiro atoms. The number of benzene rings is 1. The Morgan fingerprint density at radius 1 is 1.35 bits per heavy atom. The third kappa shape index (κ3) is 3.26. The van der Waals surface area contributed by atoms with E-state index in [2.05, 4.69) is 11.9 Å². The van der Waals surface area contributed by atoms with Crippen LogP contribution < -0.4 is 0 Å². The SMILES string of the molecule is CCC[11CH2]OC(=O)c1cncn1[C@H](C)c1ccccc1. The maximum absolute atomic E-state index is 12.1. The quantitative estimate of drug-likeness (QED) is 0.597. The molecule has 0 unspecified atom stereocenters. The number of carbonyl (C=O) groups is 1. The lowest BCUT2D eigenvalue weighted by atomic mass is 10.0. The second kappa shape index (κ2) is 6.89. The van der Waals surface area contributed by atoms with Crippen molar-refractivity contribution >= 4 is 5.97 Å². The van der Waals surface area contributed by atoms with Crippen LogP contribution in [0.5, 0.6) is 0 Å². The molecule has 0 aliphatic heterocycles. The van der Waals surface area contributed by atoms with Gasteiger partial charge in [-0.3, -0.25) is 0 Å². The number of ether oxygens (including phenoxy) is 1. The number of imidazole rings is 1. The van der Waals surface area contributed by atoms with Gasteiger partial charge in [-0.15, -0.1) is 0 Å². The minimum Gasteiger partial charge on any atom is -0.461 e. The predicted octanol–water partition coefficient (Wildman–Crippen LogP) is 3.45. The van der Waals surface area contributed by atoms with E-state index >= 15 is 0 Å². The van der Waals surface area contributed by atoms with Gasteiger partial charge in [0.2, 0.25) is 0 Å². The van der Waals surface area contributed by atoms with Crippen molar-refractivity contribution in [3.63, 3.8) is 0 Å². The summed E-state index contributed by atoms with van der Waals surface area (Å²) in [5, 5.41) is 0. The van der Waals surface area contributed by atoms with Crippen molar-refractivity contribution in [2.45, 2.75) is 32.7 Å². The van der Waals surface area contributed by atoms with Crippen LogP contribution in [-0.2, 0) is 4.74 Å². The number of hydrogen-bond acceptors (Lipinski definition) is 3. The van der Waals surface area contributed by atoms with E-state index in [0.717, 1.165) is 18.4 Å². The fourth-order valence-electron chi connectivity index (χ4n) is 2.05. The van der Waals surface area contributed by atoms with Gasteiger partial charge in [0.1, 0.15) is 5.69 Å². The summed E-state index contributed by atoms with van der Waals surface area (Å²) in [7, 11) is 0. The first-order chi connectivity index (χ1) is 9.74. The Bertz CT molecular complexity index is 549. The number of unbranched alkanes of at least 4 members (excludes halogenated alkanes) is 1. The maximum atomic E-state index is 12.1. The smallest absolute Gasteiger partial charge is 0.356 e. The van der Waals surface area contributed by atoms with E-state index in [1.54, 1.807) is 12.5 Å². The zero-order valence-corrected chi connectivity index (χ0v) is 12.0. The van der Waals surface area contributed by atoms with Crippen LogP contribution >= 0.6 is 0 Å². The molecule has 2 rings (SSSR count). The van der Waals surface area contributed by atoms with Gasteiger partial charge in [0, 0.05) is 0 Å². The molecule has 0 saturated carbocycles.